The fraction of sp³-hybridized carbons (Fsp3) is 0.0952. The number of aromatic amines is 1. The van der Waals surface area contributed by atoms with Gasteiger partial charge in [0.15, 0.2) is 0 Å². The number of alkyl halides is 3. The molecule has 0 atom stereocenters. The Hall–Kier alpha value is -4.48. The minimum atomic E-state index is -5.08. The average molecular weight is 455 g/mol. The maximum absolute atomic E-state index is 10.6. The molecule has 0 spiro atoms. The number of nitrogens with zero attached hydrogens (tertiary/aromatic N) is 5. The molecule has 2 aromatic carbocycles. The van der Waals surface area contributed by atoms with E-state index >= 15 is 0 Å². The highest BCUT2D eigenvalue weighted by molar-refractivity contribution is 5.85. The third-order valence-corrected chi connectivity index (χ3v) is 4.66. The molecule has 5 aromatic rings. The van der Waals surface area contributed by atoms with Gasteiger partial charge >= 0.3 is 12.1 Å². The second-order valence-electron chi connectivity index (χ2n) is 6.92. The van der Waals surface area contributed by atoms with Gasteiger partial charge in [-0.05, 0) is 29.8 Å². The van der Waals surface area contributed by atoms with E-state index in [1.807, 2.05) is 66.7 Å². The molecule has 0 aliphatic carbocycles. The van der Waals surface area contributed by atoms with Crippen molar-refractivity contribution in [2.75, 3.05) is 5.32 Å². The summed E-state index contributed by atoms with van der Waals surface area (Å²) in [6.07, 6.45) is 2.25. The minimum absolute atomic E-state index is 0.560. The van der Waals surface area contributed by atoms with Crippen molar-refractivity contribution in [2.45, 2.75) is 6.18 Å². The Morgan fingerprint density at radius 2 is 1.85 bits per heavy atom. The van der Waals surface area contributed by atoms with Crippen molar-refractivity contribution in [3.63, 3.8) is 0 Å². The van der Waals surface area contributed by atoms with E-state index in [9.17, 15) is 13.2 Å². The van der Waals surface area contributed by atoms with Crippen LogP contribution in [0, 0.1) is 0 Å². The maximum Gasteiger partial charge on any atom is 0.490 e. The first kappa shape index (κ1) is 21.7. The quantitative estimate of drug-likeness (QED) is 0.371. The van der Waals surface area contributed by atoms with Crippen molar-refractivity contribution in [1.29, 1.82) is 0 Å². The van der Waals surface area contributed by atoms with Crippen LogP contribution in [0.4, 0.5) is 24.8 Å². The molecule has 0 amide bonds. The molecule has 0 fully saturated rings. The van der Waals surface area contributed by atoms with Crippen molar-refractivity contribution in [3.05, 3.63) is 61.2 Å². The van der Waals surface area contributed by atoms with Crippen molar-refractivity contribution < 1.29 is 23.1 Å². The first-order chi connectivity index (χ1) is 15.7. The van der Waals surface area contributed by atoms with Crippen LogP contribution >= 0.6 is 0 Å². The fourth-order valence-electron chi connectivity index (χ4n) is 3.04. The number of aryl methyl sites for hydroxylation is 1. The number of anilines is 2. The molecule has 168 valence electrons. The summed E-state index contributed by atoms with van der Waals surface area (Å²) >= 11 is 0. The Kier molecular flexibility index (Phi) is 5.65. The normalized spacial score (nSPS) is 11.3. The zero-order chi connectivity index (χ0) is 23.6. The monoisotopic (exact) mass is 455 g/mol. The van der Waals surface area contributed by atoms with Gasteiger partial charge < -0.3 is 10.4 Å². The predicted molar refractivity (Wildman–Crippen MR) is 115 cm³/mol. The van der Waals surface area contributed by atoms with E-state index in [-0.39, 0.29) is 0 Å². The number of halogens is 3. The fourth-order valence-corrected chi connectivity index (χ4v) is 3.04. The molecule has 3 heterocycles. The first-order valence-electron chi connectivity index (χ1n) is 9.45. The molecule has 0 unspecified atom stereocenters. The summed E-state index contributed by atoms with van der Waals surface area (Å²) in [6.45, 7) is 0. The maximum atomic E-state index is 10.6. The number of fused-ring (bicyclic) bond motifs is 2. The second kappa shape index (κ2) is 8.57. The van der Waals surface area contributed by atoms with Crippen LogP contribution in [0.1, 0.15) is 0 Å². The Morgan fingerprint density at radius 3 is 2.55 bits per heavy atom. The largest absolute Gasteiger partial charge is 0.490 e. The highest BCUT2D eigenvalue weighted by Gasteiger charge is 2.38. The second-order valence-corrected chi connectivity index (χ2v) is 6.92. The van der Waals surface area contributed by atoms with Crippen LogP contribution in [0.25, 0.3) is 32.9 Å². The number of benzene rings is 2. The molecule has 0 radical (unpaired) electrons. The number of rotatable bonds is 3. The number of nitrogens with one attached hydrogen (secondary N) is 2. The van der Waals surface area contributed by atoms with E-state index in [2.05, 4.69) is 30.6 Å². The van der Waals surface area contributed by atoms with Gasteiger partial charge in [0.05, 0.1) is 23.4 Å². The SMILES string of the molecule is Cn1ncc2cc(Nc3ncc4ccc(-c5cn[nH]c5)cc4n3)ccc21.O=C(O)C(F)(F)F. The highest BCUT2D eigenvalue weighted by Crippen LogP contribution is 2.24. The molecular weight excluding hydrogens is 439 g/mol. The molecule has 5 rings (SSSR count). The van der Waals surface area contributed by atoms with Gasteiger partial charge in [0.1, 0.15) is 0 Å². The van der Waals surface area contributed by atoms with Gasteiger partial charge in [-0.2, -0.15) is 23.4 Å². The highest BCUT2D eigenvalue weighted by atomic mass is 19.4. The van der Waals surface area contributed by atoms with Crippen molar-refractivity contribution in [3.8, 4) is 11.1 Å². The number of hydrogen-bond acceptors (Lipinski definition) is 6. The van der Waals surface area contributed by atoms with E-state index in [1.54, 1.807) is 6.20 Å². The summed E-state index contributed by atoms with van der Waals surface area (Å²) in [4.78, 5) is 18.0. The number of H-pyrrole nitrogens is 1. The lowest BCUT2D eigenvalue weighted by molar-refractivity contribution is -0.192. The molecule has 12 heteroatoms. The number of carboxylic acid groups (broad SMARTS) is 1. The first-order valence-corrected chi connectivity index (χ1v) is 9.45. The van der Waals surface area contributed by atoms with Crippen LogP contribution in [-0.2, 0) is 11.8 Å². The minimum Gasteiger partial charge on any atom is -0.475 e. The zero-order valence-electron chi connectivity index (χ0n) is 17.0. The molecule has 3 N–H and O–H groups in total. The smallest absolute Gasteiger partial charge is 0.475 e. The third-order valence-electron chi connectivity index (χ3n) is 4.66. The van der Waals surface area contributed by atoms with Gasteiger partial charge in [-0.1, -0.05) is 12.1 Å². The van der Waals surface area contributed by atoms with Crippen molar-refractivity contribution in [2.24, 2.45) is 7.05 Å². The van der Waals surface area contributed by atoms with Gasteiger partial charge in [-0.15, -0.1) is 0 Å². The topological polar surface area (TPSA) is 122 Å². The van der Waals surface area contributed by atoms with Gasteiger partial charge in [0, 0.05) is 41.5 Å². The van der Waals surface area contributed by atoms with E-state index in [0.717, 1.165) is 38.6 Å². The average Bonchev–Trinajstić information content (AvgIpc) is 3.43. The van der Waals surface area contributed by atoms with Crippen LogP contribution in [0.15, 0.2) is 61.2 Å². The lowest BCUT2D eigenvalue weighted by Gasteiger charge is -2.07. The molecule has 0 saturated carbocycles. The summed E-state index contributed by atoms with van der Waals surface area (Å²) in [7, 11) is 1.93. The Bertz CT molecular complexity index is 1430. The van der Waals surface area contributed by atoms with Crippen LogP contribution in [0.3, 0.4) is 0 Å². The summed E-state index contributed by atoms with van der Waals surface area (Å²) in [6, 6.07) is 12.2. The number of carbonyl (C=O) groups is 1. The number of aromatic nitrogens is 6. The number of carboxylic acids is 1. The number of aliphatic carboxylic acids is 1. The Balaban J connectivity index is 0.000000325. The molecule has 3 aromatic heterocycles. The molecule has 0 aliphatic heterocycles. The van der Waals surface area contributed by atoms with Gasteiger partial charge in [0.25, 0.3) is 0 Å². The lowest BCUT2D eigenvalue weighted by atomic mass is 10.1. The van der Waals surface area contributed by atoms with E-state index in [0.29, 0.717) is 5.95 Å². The number of hydrogen-bond donors (Lipinski definition) is 3. The van der Waals surface area contributed by atoms with Gasteiger partial charge in [-0.25, -0.2) is 14.8 Å². The van der Waals surface area contributed by atoms with Crippen molar-refractivity contribution in [1.82, 2.24) is 29.9 Å². The summed E-state index contributed by atoms with van der Waals surface area (Å²) in [5.41, 5.74) is 4.98. The van der Waals surface area contributed by atoms with E-state index < -0.39 is 12.1 Å². The molecule has 0 saturated heterocycles. The molecule has 0 bridgehead atoms. The molecular formula is C21H16F3N7O2. The van der Waals surface area contributed by atoms with Crippen molar-refractivity contribution >= 4 is 39.4 Å². The van der Waals surface area contributed by atoms with Crippen LogP contribution < -0.4 is 5.32 Å². The zero-order valence-corrected chi connectivity index (χ0v) is 17.0. The van der Waals surface area contributed by atoms with E-state index in [4.69, 9.17) is 9.90 Å². The summed E-state index contributed by atoms with van der Waals surface area (Å²) in [5, 5.41) is 23.6. The van der Waals surface area contributed by atoms with Crippen LogP contribution in [0.5, 0.6) is 0 Å². The summed E-state index contributed by atoms with van der Waals surface area (Å²) < 4.78 is 33.6. The van der Waals surface area contributed by atoms with Crippen LogP contribution in [0.2, 0.25) is 0 Å². The molecule has 9 nitrogen and oxygen atoms in total. The van der Waals surface area contributed by atoms with Gasteiger partial charge in [-0.3, -0.25) is 9.78 Å². The predicted octanol–water partition coefficient (Wildman–Crippen LogP) is 4.28. The Labute approximate surface area is 183 Å². The van der Waals surface area contributed by atoms with Crippen LogP contribution in [-0.4, -0.2) is 47.2 Å². The molecule has 33 heavy (non-hydrogen) atoms. The summed E-state index contributed by atoms with van der Waals surface area (Å²) in [5.74, 6) is -2.20. The molecule has 0 aliphatic rings. The van der Waals surface area contributed by atoms with E-state index in [1.165, 1.54) is 0 Å². The third kappa shape index (κ3) is 4.89. The lowest BCUT2D eigenvalue weighted by Crippen LogP contribution is -2.21. The standard InChI is InChI=1S/C19H15N7.C2HF3O2/c1-26-18-5-4-16(6-14(18)11-23-26)24-19-20-8-13-3-2-12(7-17(13)25-19)15-9-21-22-10-15;3-2(4,5)1(6)7/h2-11H,1H3,(H,21,22)(H,20,24,25);(H,6,7). The van der Waals surface area contributed by atoms with Gasteiger partial charge in [0.2, 0.25) is 5.95 Å². The Morgan fingerprint density at radius 1 is 1.06 bits per heavy atom.